The Morgan fingerprint density at radius 2 is 1.54 bits per heavy atom. The van der Waals surface area contributed by atoms with Crippen LogP contribution >= 0.6 is 0 Å². The van der Waals surface area contributed by atoms with Crippen molar-refractivity contribution in [1.29, 1.82) is 0 Å². The maximum absolute atomic E-state index is 14.5. The van der Waals surface area contributed by atoms with E-state index in [1.807, 2.05) is 30.3 Å². The van der Waals surface area contributed by atoms with Crippen LogP contribution in [0.25, 0.3) is 0 Å². The monoisotopic (exact) mass is 555 g/mol. The number of amides is 2. The van der Waals surface area contributed by atoms with Gasteiger partial charge in [-0.05, 0) is 56.7 Å². The minimum atomic E-state index is -3.89. The molecule has 3 aromatic carbocycles. The normalized spacial score (nSPS) is 12.1. The lowest BCUT2D eigenvalue weighted by molar-refractivity contribution is -0.139. The molecule has 0 heterocycles. The number of hydrogen-bond donors (Lipinski definition) is 1. The number of rotatable bonds is 12. The first-order valence-electron chi connectivity index (χ1n) is 12.5. The van der Waals surface area contributed by atoms with Crippen LogP contribution < -0.4 is 14.4 Å². The van der Waals surface area contributed by atoms with E-state index >= 15 is 0 Å². The van der Waals surface area contributed by atoms with E-state index in [1.165, 1.54) is 30.0 Å². The van der Waals surface area contributed by atoms with E-state index in [9.17, 15) is 22.4 Å². The van der Waals surface area contributed by atoms with E-state index in [0.717, 1.165) is 16.1 Å². The third-order valence-electron chi connectivity index (χ3n) is 5.95. The van der Waals surface area contributed by atoms with Crippen LogP contribution in [0.15, 0.2) is 78.9 Å². The fourth-order valence-electron chi connectivity index (χ4n) is 3.86. The highest BCUT2D eigenvalue weighted by Crippen LogP contribution is 2.23. The molecule has 1 unspecified atom stereocenters. The first-order chi connectivity index (χ1) is 18.5. The summed E-state index contributed by atoms with van der Waals surface area (Å²) in [5.74, 6) is -1.08. The Balaban J connectivity index is 1.83. The molecule has 39 heavy (non-hydrogen) atoms. The van der Waals surface area contributed by atoms with E-state index in [1.54, 1.807) is 44.2 Å². The minimum Gasteiger partial charge on any atom is -0.489 e. The first-order valence-corrected chi connectivity index (χ1v) is 14.4. The molecule has 208 valence electrons. The van der Waals surface area contributed by atoms with Crippen molar-refractivity contribution in [2.45, 2.75) is 46.0 Å². The van der Waals surface area contributed by atoms with Crippen molar-refractivity contribution in [2.24, 2.45) is 0 Å². The number of halogens is 1. The largest absolute Gasteiger partial charge is 0.489 e. The number of sulfonamides is 1. The van der Waals surface area contributed by atoms with Crippen LogP contribution in [0.2, 0.25) is 0 Å². The molecule has 3 rings (SSSR count). The number of ether oxygens (including phenoxy) is 1. The van der Waals surface area contributed by atoms with Crippen LogP contribution in [0.4, 0.5) is 10.1 Å². The van der Waals surface area contributed by atoms with Crippen molar-refractivity contribution in [1.82, 2.24) is 10.2 Å². The Morgan fingerprint density at radius 1 is 0.923 bits per heavy atom. The molecule has 0 saturated heterocycles. The average molecular weight is 556 g/mol. The van der Waals surface area contributed by atoms with Crippen LogP contribution in [0, 0.1) is 5.82 Å². The van der Waals surface area contributed by atoms with Crippen LogP contribution in [0.3, 0.4) is 0 Å². The van der Waals surface area contributed by atoms with E-state index in [4.69, 9.17) is 4.74 Å². The van der Waals surface area contributed by atoms with Gasteiger partial charge < -0.3 is 15.0 Å². The maximum atomic E-state index is 14.5. The molecule has 1 atom stereocenters. The number of carbonyl (C=O) groups is 2. The smallest absolute Gasteiger partial charge is 0.244 e. The molecule has 0 aromatic heterocycles. The molecular weight excluding hydrogens is 521 g/mol. The second kappa shape index (κ2) is 13.2. The molecule has 3 aromatic rings. The number of hydrogen-bond acceptors (Lipinski definition) is 5. The average Bonchev–Trinajstić information content (AvgIpc) is 2.89. The number of anilines is 1. The van der Waals surface area contributed by atoms with Gasteiger partial charge >= 0.3 is 0 Å². The predicted octanol–water partition coefficient (Wildman–Crippen LogP) is 4.11. The standard InChI is InChI=1S/C29H34FN3O5S/c1-21(2)31-29(35)22(3)32(18-24-12-8-9-13-27(24)30)28(34)19-33(39(4,36)37)25-14-16-26(17-15-25)38-20-23-10-6-5-7-11-23/h5-17,21-22H,18-20H2,1-4H3,(H,31,35). The summed E-state index contributed by atoms with van der Waals surface area (Å²) in [6.45, 7) is 4.66. The van der Waals surface area contributed by atoms with Gasteiger partial charge in [-0.2, -0.15) is 0 Å². The number of carbonyl (C=O) groups excluding carboxylic acids is 2. The molecule has 0 aliphatic rings. The zero-order chi connectivity index (χ0) is 28.6. The lowest BCUT2D eigenvalue weighted by Gasteiger charge is -2.32. The molecule has 2 amide bonds. The molecule has 10 heteroatoms. The van der Waals surface area contributed by atoms with Gasteiger partial charge in [-0.25, -0.2) is 12.8 Å². The van der Waals surface area contributed by atoms with Crippen molar-refractivity contribution in [3.63, 3.8) is 0 Å². The summed E-state index contributed by atoms with van der Waals surface area (Å²) in [4.78, 5) is 27.5. The van der Waals surface area contributed by atoms with Crippen molar-refractivity contribution in [3.8, 4) is 5.75 Å². The zero-order valence-electron chi connectivity index (χ0n) is 22.5. The lowest BCUT2D eigenvalue weighted by Crippen LogP contribution is -2.52. The Hall–Kier alpha value is -3.92. The summed E-state index contributed by atoms with van der Waals surface area (Å²) in [6, 6.07) is 20.7. The minimum absolute atomic E-state index is 0.180. The molecule has 0 fully saturated rings. The number of nitrogens with zero attached hydrogens (tertiary/aromatic N) is 2. The Labute approximate surface area is 229 Å². The second-order valence-corrected chi connectivity index (χ2v) is 11.4. The quantitative estimate of drug-likeness (QED) is 0.363. The fourth-order valence-corrected chi connectivity index (χ4v) is 4.71. The predicted molar refractivity (Wildman–Crippen MR) is 149 cm³/mol. The van der Waals surface area contributed by atoms with Gasteiger partial charge in [-0.15, -0.1) is 0 Å². The van der Waals surface area contributed by atoms with Gasteiger partial charge in [0.2, 0.25) is 21.8 Å². The number of nitrogens with one attached hydrogen (secondary N) is 1. The molecule has 0 spiro atoms. The Bertz CT molecular complexity index is 1370. The summed E-state index contributed by atoms with van der Waals surface area (Å²) < 4.78 is 46.7. The van der Waals surface area contributed by atoms with E-state index in [2.05, 4.69) is 5.32 Å². The summed E-state index contributed by atoms with van der Waals surface area (Å²) in [5, 5.41) is 2.75. The molecule has 0 aliphatic carbocycles. The van der Waals surface area contributed by atoms with Crippen LogP contribution in [-0.2, 0) is 32.8 Å². The first kappa shape index (κ1) is 29.6. The van der Waals surface area contributed by atoms with Crippen LogP contribution in [-0.4, -0.2) is 50.0 Å². The van der Waals surface area contributed by atoms with Crippen molar-refractivity contribution >= 4 is 27.5 Å². The van der Waals surface area contributed by atoms with Gasteiger partial charge in [0.05, 0.1) is 11.9 Å². The zero-order valence-corrected chi connectivity index (χ0v) is 23.3. The Kier molecular flexibility index (Phi) is 10.1. The SMILES string of the molecule is CC(C)NC(=O)C(C)N(Cc1ccccc1F)C(=O)CN(c1ccc(OCc2ccccc2)cc1)S(C)(=O)=O. The molecule has 8 nitrogen and oxygen atoms in total. The van der Waals surface area contributed by atoms with Gasteiger partial charge in [0.25, 0.3) is 0 Å². The van der Waals surface area contributed by atoms with Crippen molar-refractivity contribution in [2.75, 3.05) is 17.1 Å². The molecule has 1 N–H and O–H groups in total. The molecular formula is C29H34FN3O5S. The third-order valence-corrected chi connectivity index (χ3v) is 7.09. The van der Waals surface area contributed by atoms with Gasteiger partial charge in [-0.1, -0.05) is 48.5 Å². The highest BCUT2D eigenvalue weighted by atomic mass is 32.2. The van der Waals surface area contributed by atoms with Crippen LogP contribution in [0.5, 0.6) is 5.75 Å². The van der Waals surface area contributed by atoms with E-state index in [0.29, 0.717) is 12.4 Å². The van der Waals surface area contributed by atoms with Gasteiger partial charge in [-0.3, -0.25) is 13.9 Å². The van der Waals surface area contributed by atoms with Gasteiger partial charge in [0.15, 0.2) is 0 Å². The highest BCUT2D eigenvalue weighted by molar-refractivity contribution is 7.92. The molecule has 0 bridgehead atoms. The lowest BCUT2D eigenvalue weighted by atomic mass is 10.1. The van der Waals surface area contributed by atoms with Gasteiger partial charge in [0.1, 0.15) is 30.8 Å². The second-order valence-electron chi connectivity index (χ2n) is 9.49. The van der Waals surface area contributed by atoms with Crippen LogP contribution in [0.1, 0.15) is 31.9 Å². The van der Waals surface area contributed by atoms with E-state index < -0.39 is 40.2 Å². The molecule has 0 aliphatic heterocycles. The third kappa shape index (κ3) is 8.54. The van der Waals surface area contributed by atoms with Crippen molar-refractivity contribution in [3.05, 3.63) is 95.8 Å². The molecule has 0 radical (unpaired) electrons. The summed E-state index contributed by atoms with van der Waals surface area (Å²) >= 11 is 0. The van der Waals surface area contributed by atoms with Gasteiger partial charge in [0, 0.05) is 18.2 Å². The van der Waals surface area contributed by atoms with E-state index in [-0.39, 0.29) is 23.8 Å². The Morgan fingerprint density at radius 3 is 2.13 bits per heavy atom. The van der Waals surface area contributed by atoms with Crippen molar-refractivity contribution < 1.29 is 27.1 Å². The summed E-state index contributed by atoms with van der Waals surface area (Å²) in [6.07, 6.45) is 0.996. The number of benzene rings is 3. The topological polar surface area (TPSA) is 96.0 Å². The highest BCUT2D eigenvalue weighted by Gasteiger charge is 2.30. The summed E-state index contributed by atoms with van der Waals surface area (Å²) in [7, 11) is -3.89. The summed E-state index contributed by atoms with van der Waals surface area (Å²) in [5.41, 5.74) is 1.44. The maximum Gasteiger partial charge on any atom is 0.244 e. The molecule has 0 saturated carbocycles. The fraction of sp³-hybridized carbons (Fsp3) is 0.310.